The molecule has 1 aromatic carbocycles. The summed E-state index contributed by atoms with van der Waals surface area (Å²) in [7, 11) is 0. The molecule has 2 fully saturated rings. The minimum absolute atomic E-state index is 0.0236. The summed E-state index contributed by atoms with van der Waals surface area (Å²) in [4.78, 5) is 35.7. The SMILES string of the molecule is Cc1c(NC(=O)NC2CC(N(CC(=O)O)CC3CC3)C2)cccc1[N+](=O)[O-]. The van der Waals surface area contributed by atoms with E-state index >= 15 is 0 Å². The third kappa shape index (κ3) is 4.94. The van der Waals surface area contributed by atoms with Gasteiger partial charge >= 0.3 is 12.0 Å². The Morgan fingerprint density at radius 2 is 2.04 bits per heavy atom. The van der Waals surface area contributed by atoms with E-state index in [9.17, 15) is 19.7 Å². The number of nitrogens with one attached hydrogen (secondary N) is 2. The Morgan fingerprint density at radius 1 is 1.33 bits per heavy atom. The molecule has 2 amide bonds. The second-order valence-corrected chi connectivity index (χ2v) is 7.39. The first-order valence-electron chi connectivity index (χ1n) is 9.11. The van der Waals surface area contributed by atoms with Crippen molar-refractivity contribution in [3.63, 3.8) is 0 Å². The van der Waals surface area contributed by atoms with Gasteiger partial charge in [-0.25, -0.2) is 4.79 Å². The van der Waals surface area contributed by atoms with Crippen LogP contribution < -0.4 is 10.6 Å². The predicted molar refractivity (Wildman–Crippen MR) is 98.7 cm³/mol. The van der Waals surface area contributed by atoms with Crippen molar-refractivity contribution < 1.29 is 19.6 Å². The van der Waals surface area contributed by atoms with E-state index in [1.807, 2.05) is 4.90 Å². The molecule has 0 unspecified atom stereocenters. The number of carboxylic acid groups (broad SMARTS) is 1. The summed E-state index contributed by atoms with van der Waals surface area (Å²) in [6.45, 7) is 2.44. The molecule has 27 heavy (non-hydrogen) atoms. The van der Waals surface area contributed by atoms with E-state index in [0.717, 1.165) is 19.4 Å². The Balaban J connectivity index is 1.49. The number of nitro groups is 1. The van der Waals surface area contributed by atoms with Crippen LogP contribution in [0.25, 0.3) is 0 Å². The summed E-state index contributed by atoms with van der Waals surface area (Å²) in [6, 6.07) is 4.29. The number of urea groups is 1. The monoisotopic (exact) mass is 376 g/mol. The van der Waals surface area contributed by atoms with Crippen molar-refractivity contribution in [2.45, 2.75) is 44.7 Å². The van der Waals surface area contributed by atoms with Crippen molar-refractivity contribution in [3.05, 3.63) is 33.9 Å². The summed E-state index contributed by atoms with van der Waals surface area (Å²) in [6.07, 6.45) is 3.74. The first kappa shape index (κ1) is 19.1. The third-order valence-corrected chi connectivity index (χ3v) is 5.24. The van der Waals surface area contributed by atoms with Gasteiger partial charge in [0.15, 0.2) is 0 Å². The van der Waals surface area contributed by atoms with Gasteiger partial charge in [-0.05, 0) is 44.6 Å². The number of hydrogen-bond donors (Lipinski definition) is 3. The van der Waals surface area contributed by atoms with Gasteiger partial charge in [-0.15, -0.1) is 0 Å². The number of nitro benzene ring substituents is 1. The number of carbonyl (C=O) groups is 2. The molecule has 0 aliphatic heterocycles. The Kier molecular flexibility index (Phi) is 5.59. The minimum atomic E-state index is -0.828. The highest BCUT2D eigenvalue weighted by molar-refractivity contribution is 5.91. The number of amides is 2. The number of aliphatic carboxylic acids is 1. The molecule has 0 heterocycles. The highest BCUT2D eigenvalue weighted by Gasteiger charge is 2.37. The molecule has 0 aromatic heterocycles. The van der Waals surface area contributed by atoms with Crippen LogP contribution in [0, 0.1) is 23.0 Å². The van der Waals surface area contributed by atoms with Crippen LogP contribution in [0.15, 0.2) is 18.2 Å². The lowest BCUT2D eigenvalue weighted by atomic mass is 9.85. The van der Waals surface area contributed by atoms with Crippen LogP contribution in [0.4, 0.5) is 16.2 Å². The van der Waals surface area contributed by atoms with E-state index in [1.54, 1.807) is 13.0 Å². The molecule has 2 saturated carbocycles. The molecule has 0 saturated heterocycles. The lowest BCUT2D eigenvalue weighted by Crippen LogP contribution is -2.55. The van der Waals surface area contributed by atoms with Gasteiger partial charge in [0, 0.05) is 24.7 Å². The standard InChI is InChI=1S/C18H24N4O5/c1-11-15(3-2-4-16(11)22(26)27)20-18(25)19-13-7-14(8-13)21(10-17(23)24)9-12-5-6-12/h2-4,12-14H,5-10H2,1H3,(H,23,24)(H2,19,20,25). The van der Waals surface area contributed by atoms with Crippen LogP contribution in [0.5, 0.6) is 0 Å². The molecule has 1 aromatic rings. The van der Waals surface area contributed by atoms with Crippen LogP contribution in [0.2, 0.25) is 0 Å². The van der Waals surface area contributed by atoms with Gasteiger partial charge in [0.05, 0.1) is 22.7 Å². The first-order valence-corrected chi connectivity index (χ1v) is 9.11. The smallest absolute Gasteiger partial charge is 0.319 e. The van der Waals surface area contributed by atoms with Gasteiger partial charge in [-0.2, -0.15) is 0 Å². The fraction of sp³-hybridized carbons (Fsp3) is 0.556. The topological polar surface area (TPSA) is 125 Å². The largest absolute Gasteiger partial charge is 0.480 e. The van der Waals surface area contributed by atoms with Crippen LogP contribution in [0.1, 0.15) is 31.2 Å². The van der Waals surface area contributed by atoms with Gasteiger partial charge in [0.1, 0.15) is 0 Å². The number of anilines is 1. The molecule has 2 aliphatic carbocycles. The second kappa shape index (κ2) is 7.91. The molecule has 0 atom stereocenters. The van der Waals surface area contributed by atoms with Gasteiger partial charge in [0.2, 0.25) is 0 Å². The van der Waals surface area contributed by atoms with Gasteiger partial charge < -0.3 is 15.7 Å². The Bertz CT molecular complexity index is 743. The Morgan fingerprint density at radius 3 is 2.63 bits per heavy atom. The Labute approximate surface area is 156 Å². The average Bonchev–Trinajstić information content (AvgIpc) is 3.35. The van der Waals surface area contributed by atoms with Crippen molar-refractivity contribution in [3.8, 4) is 0 Å². The quantitative estimate of drug-likeness (QED) is 0.472. The molecule has 2 aliphatic rings. The summed E-state index contributed by atoms with van der Waals surface area (Å²) in [5.41, 5.74) is 0.765. The summed E-state index contributed by atoms with van der Waals surface area (Å²) < 4.78 is 0. The zero-order valence-corrected chi connectivity index (χ0v) is 15.2. The maximum absolute atomic E-state index is 12.2. The van der Waals surface area contributed by atoms with Gasteiger partial charge in [-0.3, -0.25) is 19.8 Å². The van der Waals surface area contributed by atoms with E-state index < -0.39 is 16.9 Å². The third-order valence-electron chi connectivity index (χ3n) is 5.24. The molecule has 3 N–H and O–H groups in total. The zero-order chi connectivity index (χ0) is 19.6. The second-order valence-electron chi connectivity index (χ2n) is 7.39. The highest BCUT2D eigenvalue weighted by Crippen LogP contribution is 2.34. The fourth-order valence-electron chi connectivity index (χ4n) is 3.45. The van der Waals surface area contributed by atoms with Gasteiger partial charge in [-0.1, -0.05) is 6.07 Å². The maximum Gasteiger partial charge on any atom is 0.319 e. The summed E-state index contributed by atoms with van der Waals surface area (Å²) >= 11 is 0. The van der Waals surface area contributed by atoms with E-state index in [1.165, 1.54) is 12.1 Å². The summed E-state index contributed by atoms with van der Waals surface area (Å²) in [5, 5.41) is 25.6. The van der Waals surface area contributed by atoms with Gasteiger partial charge in [0.25, 0.3) is 5.69 Å². The number of nitrogens with zero attached hydrogens (tertiary/aromatic N) is 2. The molecule has 3 rings (SSSR count). The molecule has 9 nitrogen and oxygen atoms in total. The maximum atomic E-state index is 12.2. The highest BCUT2D eigenvalue weighted by atomic mass is 16.6. The van der Waals surface area contributed by atoms with Crippen LogP contribution in [0.3, 0.4) is 0 Å². The molecular formula is C18H24N4O5. The van der Waals surface area contributed by atoms with E-state index in [0.29, 0.717) is 30.0 Å². The van der Waals surface area contributed by atoms with Crippen molar-refractivity contribution >= 4 is 23.4 Å². The number of hydrogen-bond acceptors (Lipinski definition) is 5. The van der Waals surface area contributed by atoms with E-state index in [2.05, 4.69) is 10.6 Å². The molecule has 9 heteroatoms. The minimum Gasteiger partial charge on any atom is -0.480 e. The van der Waals surface area contributed by atoms with E-state index in [4.69, 9.17) is 5.11 Å². The number of rotatable bonds is 8. The number of carboxylic acids is 1. The Hall–Kier alpha value is -2.68. The van der Waals surface area contributed by atoms with Crippen molar-refractivity contribution in [1.82, 2.24) is 10.2 Å². The lowest BCUT2D eigenvalue weighted by molar-refractivity contribution is -0.385. The molecule has 146 valence electrons. The average molecular weight is 376 g/mol. The van der Waals surface area contributed by atoms with Crippen LogP contribution in [-0.2, 0) is 4.79 Å². The predicted octanol–water partition coefficient (Wildman–Crippen LogP) is 2.35. The van der Waals surface area contributed by atoms with Crippen molar-refractivity contribution in [2.75, 3.05) is 18.4 Å². The normalized spacial score (nSPS) is 21.4. The van der Waals surface area contributed by atoms with Crippen molar-refractivity contribution in [1.29, 1.82) is 0 Å². The lowest BCUT2D eigenvalue weighted by Gasteiger charge is -2.42. The van der Waals surface area contributed by atoms with E-state index in [-0.39, 0.29) is 24.3 Å². The number of carbonyl (C=O) groups excluding carboxylic acids is 1. The zero-order valence-electron chi connectivity index (χ0n) is 15.2. The van der Waals surface area contributed by atoms with Crippen molar-refractivity contribution in [2.24, 2.45) is 5.92 Å². The molecular weight excluding hydrogens is 352 g/mol. The molecule has 0 radical (unpaired) electrons. The van der Waals surface area contributed by atoms with Crippen LogP contribution in [-0.4, -0.2) is 52.1 Å². The summed E-state index contributed by atoms with van der Waals surface area (Å²) in [5.74, 6) is -0.220. The molecule has 0 spiro atoms. The van der Waals surface area contributed by atoms with Crippen LogP contribution >= 0.6 is 0 Å². The first-order chi connectivity index (χ1) is 12.8. The number of benzene rings is 1. The fourth-order valence-corrected chi connectivity index (χ4v) is 3.45. The molecule has 0 bridgehead atoms.